The normalized spacial score (nSPS) is 26.2. The molecule has 0 spiro atoms. The summed E-state index contributed by atoms with van der Waals surface area (Å²) in [7, 11) is 0. The van der Waals surface area contributed by atoms with Crippen molar-refractivity contribution in [1.29, 1.82) is 0 Å². The summed E-state index contributed by atoms with van der Waals surface area (Å²) in [5, 5.41) is 10.0. The van der Waals surface area contributed by atoms with Crippen molar-refractivity contribution in [3.8, 4) is 0 Å². The second-order valence-corrected chi connectivity index (χ2v) is 6.84. The fourth-order valence-electron chi connectivity index (χ4n) is 2.91. The summed E-state index contributed by atoms with van der Waals surface area (Å²) in [6.45, 7) is 5.73. The summed E-state index contributed by atoms with van der Waals surface area (Å²) < 4.78 is 5.29. The second-order valence-electron chi connectivity index (χ2n) is 5.81. The molecule has 21 heavy (non-hydrogen) atoms. The first-order chi connectivity index (χ1) is 10.1. The third-order valence-corrected chi connectivity index (χ3v) is 5.13. The van der Waals surface area contributed by atoms with Crippen LogP contribution in [0.25, 0.3) is 0 Å². The van der Waals surface area contributed by atoms with Crippen LogP contribution in [0.5, 0.6) is 0 Å². The number of aromatic nitrogens is 1. The van der Waals surface area contributed by atoms with Gasteiger partial charge in [-0.25, -0.2) is 9.78 Å². The zero-order valence-corrected chi connectivity index (χ0v) is 13.3. The SMILES string of the molecule is C[C@@H]1Cc2nc(NC(=O)NC3CCOCC3)sc2[C@H](C)N1. The minimum Gasteiger partial charge on any atom is -0.381 e. The van der Waals surface area contributed by atoms with Crippen molar-refractivity contribution in [2.24, 2.45) is 0 Å². The zero-order valence-electron chi connectivity index (χ0n) is 12.4. The van der Waals surface area contributed by atoms with Gasteiger partial charge in [-0.05, 0) is 26.7 Å². The van der Waals surface area contributed by atoms with E-state index in [9.17, 15) is 4.79 Å². The van der Waals surface area contributed by atoms with Crippen molar-refractivity contribution in [2.45, 2.75) is 51.2 Å². The van der Waals surface area contributed by atoms with Gasteiger partial charge in [0.05, 0.1) is 5.69 Å². The van der Waals surface area contributed by atoms with E-state index in [1.807, 2.05) is 0 Å². The number of urea groups is 1. The molecule has 6 nitrogen and oxygen atoms in total. The van der Waals surface area contributed by atoms with Crippen molar-refractivity contribution >= 4 is 22.5 Å². The van der Waals surface area contributed by atoms with Crippen LogP contribution in [0.2, 0.25) is 0 Å². The fourth-order valence-corrected chi connectivity index (χ4v) is 3.91. The van der Waals surface area contributed by atoms with E-state index < -0.39 is 0 Å². The maximum atomic E-state index is 12.0. The molecule has 3 N–H and O–H groups in total. The van der Waals surface area contributed by atoms with Gasteiger partial charge in [0, 0.05) is 42.6 Å². The van der Waals surface area contributed by atoms with Gasteiger partial charge in [0.2, 0.25) is 0 Å². The molecule has 116 valence electrons. The van der Waals surface area contributed by atoms with Crippen molar-refractivity contribution in [2.75, 3.05) is 18.5 Å². The first-order valence-electron chi connectivity index (χ1n) is 7.52. The molecule has 2 aliphatic heterocycles. The molecule has 0 radical (unpaired) electrons. The Morgan fingerprint density at radius 2 is 2.14 bits per heavy atom. The van der Waals surface area contributed by atoms with Crippen LogP contribution in [0.1, 0.15) is 43.3 Å². The number of anilines is 1. The third-order valence-electron chi connectivity index (χ3n) is 3.93. The lowest BCUT2D eigenvalue weighted by Gasteiger charge is -2.24. The monoisotopic (exact) mass is 310 g/mol. The predicted octanol–water partition coefficient (Wildman–Crippen LogP) is 2.04. The van der Waals surface area contributed by atoms with E-state index in [1.165, 1.54) is 4.88 Å². The van der Waals surface area contributed by atoms with Crippen molar-refractivity contribution in [3.05, 3.63) is 10.6 Å². The van der Waals surface area contributed by atoms with Gasteiger partial charge in [0.15, 0.2) is 5.13 Å². The number of rotatable bonds is 2. The van der Waals surface area contributed by atoms with E-state index in [0.717, 1.165) is 38.2 Å². The van der Waals surface area contributed by atoms with Gasteiger partial charge < -0.3 is 15.4 Å². The molecule has 2 amide bonds. The van der Waals surface area contributed by atoms with Crippen LogP contribution in [0.3, 0.4) is 0 Å². The van der Waals surface area contributed by atoms with Gasteiger partial charge in [-0.3, -0.25) is 5.32 Å². The Morgan fingerprint density at radius 3 is 2.90 bits per heavy atom. The summed E-state index contributed by atoms with van der Waals surface area (Å²) in [5.41, 5.74) is 1.11. The summed E-state index contributed by atoms with van der Waals surface area (Å²) >= 11 is 1.57. The molecule has 3 heterocycles. The number of hydrogen-bond donors (Lipinski definition) is 3. The van der Waals surface area contributed by atoms with Crippen LogP contribution in [-0.2, 0) is 11.2 Å². The molecule has 1 fully saturated rings. The Labute approximate surface area is 128 Å². The van der Waals surface area contributed by atoms with E-state index in [0.29, 0.717) is 17.2 Å². The first kappa shape index (κ1) is 14.7. The molecule has 1 aromatic heterocycles. The maximum Gasteiger partial charge on any atom is 0.321 e. The molecule has 0 saturated carbocycles. The number of ether oxygens (including phenoxy) is 1. The Kier molecular flexibility index (Phi) is 4.42. The van der Waals surface area contributed by atoms with Crippen molar-refractivity contribution in [3.63, 3.8) is 0 Å². The van der Waals surface area contributed by atoms with Gasteiger partial charge in [0.1, 0.15) is 0 Å². The fraction of sp³-hybridized carbons (Fsp3) is 0.714. The average Bonchev–Trinajstić information content (AvgIpc) is 2.82. The summed E-state index contributed by atoms with van der Waals surface area (Å²) in [5.74, 6) is 0. The van der Waals surface area contributed by atoms with E-state index in [4.69, 9.17) is 4.74 Å². The molecule has 0 aliphatic carbocycles. The number of thiazole rings is 1. The number of hydrogen-bond acceptors (Lipinski definition) is 5. The summed E-state index contributed by atoms with van der Waals surface area (Å²) in [4.78, 5) is 17.8. The number of nitrogens with zero attached hydrogens (tertiary/aromatic N) is 1. The second kappa shape index (κ2) is 6.29. The molecule has 1 aromatic rings. The minimum absolute atomic E-state index is 0.165. The highest BCUT2D eigenvalue weighted by Gasteiger charge is 2.25. The van der Waals surface area contributed by atoms with Gasteiger partial charge in [-0.15, -0.1) is 0 Å². The number of carbonyl (C=O) groups excluding carboxylic acids is 1. The van der Waals surface area contributed by atoms with Crippen LogP contribution < -0.4 is 16.0 Å². The Bertz CT molecular complexity index is 513. The summed E-state index contributed by atoms with van der Waals surface area (Å²) in [6.07, 6.45) is 2.67. The molecule has 0 unspecified atom stereocenters. The third kappa shape index (κ3) is 3.53. The Balaban J connectivity index is 1.60. The highest BCUT2D eigenvalue weighted by atomic mass is 32.1. The smallest absolute Gasteiger partial charge is 0.321 e. The van der Waals surface area contributed by atoms with Crippen molar-refractivity contribution < 1.29 is 9.53 Å². The van der Waals surface area contributed by atoms with Crippen LogP contribution in [0, 0.1) is 0 Å². The number of fused-ring (bicyclic) bond motifs is 1. The predicted molar refractivity (Wildman–Crippen MR) is 82.8 cm³/mol. The average molecular weight is 310 g/mol. The molecular formula is C14H22N4O2S. The zero-order chi connectivity index (χ0) is 14.8. The molecule has 1 saturated heterocycles. The Hall–Kier alpha value is -1.18. The quantitative estimate of drug-likeness (QED) is 0.781. The lowest BCUT2D eigenvalue weighted by molar-refractivity contribution is 0.0806. The molecule has 7 heteroatoms. The number of carbonyl (C=O) groups is 1. The van der Waals surface area contributed by atoms with Gasteiger partial charge in [-0.1, -0.05) is 11.3 Å². The van der Waals surface area contributed by atoms with Gasteiger partial charge in [0.25, 0.3) is 0 Å². The molecule has 2 aliphatic rings. The number of nitrogens with one attached hydrogen (secondary N) is 3. The molecule has 3 rings (SSSR count). The standard InChI is InChI=1S/C14H22N4O2S/c1-8-7-11-12(9(2)15-8)21-14(17-11)18-13(19)16-10-3-5-20-6-4-10/h8-10,15H,3-7H2,1-2H3,(H2,16,17,18,19)/t8-,9+/m1/s1. The largest absolute Gasteiger partial charge is 0.381 e. The van der Waals surface area contributed by atoms with Crippen LogP contribution >= 0.6 is 11.3 Å². The number of amides is 2. The molecular weight excluding hydrogens is 288 g/mol. The topological polar surface area (TPSA) is 75.3 Å². The molecule has 2 atom stereocenters. The van der Waals surface area contributed by atoms with Crippen LogP contribution in [0.4, 0.5) is 9.93 Å². The highest BCUT2D eigenvalue weighted by molar-refractivity contribution is 7.16. The van der Waals surface area contributed by atoms with Crippen LogP contribution in [0.15, 0.2) is 0 Å². The van der Waals surface area contributed by atoms with Crippen LogP contribution in [-0.4, -0.2) is 36.3 Å². The molecule has 0 aromatic carbocycles. The maximum absolute atomic E-state index is 12.0. The van der Waals surface area contributed by atoms with E-state index in [1.54, 1.807) is 11.3 Å². The highest BCUT2D eigenvalue weighted by Crippen LogP contribution is 2.32. The first-order valence-corrected chi connectivity index (χ1v) is 8.34. The Morgan fingerprint density at radius 1 is 1.38 bits per heavy atom. The van der Waals surface area contributed by atoms with Crippen molar-refractivity contribution in [1.82, 2.24) is 15.6 Å². The van der Waals surface area contributed by atoms with E-state index in [-0.39, 0.29) is 12.1 Å². The molecule has 0 bridgehead atoms. The summed E-state index contributed by atoms with van der Waals surface area (Å²) in [6, 6.07) is 0.768. The van der Waals surface area contributed by atoms with Gasteiger partial charge >= 0.3 is 6.03 Å². The minimum atomic E-state index is -0.165. The lowest BCUT2D eigenvalue weighted by atomic mass is 10.0. The van der Waals surface area contributed by atoms with E-state index in [2.05, 4.69) is 34.8 Å². The van der Waals surface area contributed by atoms with Gasteiger partial charge in [-0.2, -0.15) is 0 Å². The van der Waals surface area contributed by atoms with E-state index >= 15 is 0 Å². The lowest BCUT2D eigenvalue weighted by Crippen LogP contribution is -2.41.